The summed E-state index contributed by atoms with van der Waals surface area (Å²) < 4.78 is 5.51. The molecule has 6 nitrogen and oxygen atoms in total. The lowest BCUT2D eigenvalue weighted by Crippen LogP contribution is -2.45. The van der Waals surface area contributed by atoms with Crippen LogP contribution in [0.15, 0.2) is 24.3 Å². The van der Waals surface area contributed by atoms with E-state index in [9.17, 15) is 19.8 Å². The monoisotopic (exact) mass is 1130 g/mol. The molecular formula is C74H143NO5. The molecule has 0 radical (unpaired) electrons. The largest absolute Gasteiger partial charge is 0.466 e. The zero-order valence-electron chi connectivity index (χ0n) is 54.3. The average Bonchev–Trinajstić information content (AvgIpc) is 3.46. The maximum Gasteiger partial charge on any atom is 0.305 e. The Morgan fingerprint density at radius 3 is 0.887 bits per heavy atom. The van der Waals surface area contributed by atoms with Gasteiger partial charge in [0.1, 0.15) is 0 Å². The van der Waals surface area contributed by atoms with E-state index in [4.69, 9.17) is 4.74 Å². The van der Waals surface area contributed by atoms with Crippen LogP contribution in [-0.4, -0.2) is 47.4 Å². The Labute approximate surface area is 501 Å². The summed E-state index contributed by atoms with van der Waals surface area (Å²) >= 11 is 0. The predicted molar refractivity (Wildman–Crippen MR) is 352 cm³/mol. The fourth-order valence-electron chi connectivity index (χ4n) is 11.6. The van der Waals surface area contributed by atoms with Crippen LogP contribution in [0.3, 0.4) is 0 Å². The number of nitrogens with one attached hydrogen (secondary N) is 1. The second-order valence-corrected chi connectivity index (χ2v) is 25.3. The first-order valence-electron chi connectivity index (χ1n) is 36.6. The predicted octanol–water partition coefficient (Wildman–Crippen LogP) is 23.7. The van der Waals surface area contributed by atoms with Gasteiger partial charge in [-0.2, -0.15) is 0 Å². The van der Waals surface area contributed by atoms with Crippen LogP contribution < -0.4 is 5.32 Å². The zero-order chi connectivity index (χ0) is 57.8. The van der Waals surface area contributed by atoms with Crippen LogP contribution >= 0.6 is 0 Å². The molecule has 0 aliphatic rings. The summed E-state index contributed by atoms with van der Waals surface area (Å²) in [4.78, 5) is 24.6. The van der Waals surface area contributed by atoms with Gasteiger partial charge in [0, 0.05) is 12.8 Å². The van der Waals surface area contributed by atoms with Crippen molar-refractivity contribution in [2.75, 3.05) is 13.2 Å². The van der Waals surface area contributed by atoms with Crippen LogP contribution in [0.4, 0.5) is 0 Å². The Bertz CT molecular complexity index is 1250. The van der Waals surface area contributed by atoms with Gasteiger partial charge in [0.05, 0.1) is 25.4 Å². The Morgan fingerprint density at radius 1 is 0.338 bits per heavy atom. The molecule has 0 bridgehead atoms. The van der Waals surface area contributed by atoms with Crippen LogP contribution in [0.25, 0.3) is 0 Å². The third-order valence-corrected chi connectivity index (χ3v) is 17.2. The number of ether oxygens (including phenoxy) is 1. The van der Waals surface area contributed by atoms with E-state index in [1.807, 2.05) is 6.08 Å². The molecule has 0 heterocycles. The molecule has 0 aromatic rings. The maximum absolute atomic E-state index is 12.5. The quantitative estimate of drug-likeness (QED) is 0.0320. The van der Waals surface area contributed by atoms with Crippen molar-refractivity contribution in [2.45, 2.75) is 424 Å². The van der Waals surface area contributed by atoms with Gasteiger partial charge in [0.25, 0.3) is 0 Å². The highest BCUT2D eigenvalue weighted by molar-refractivity contribution is 5.76. The molecular weight excluding hydrogens is 983 g/mol. The fraction of sp³-hybridized carbons (Fsp3) is 0.919. The summed E-state index contributed by atoms with van der Waals surface area (Å²) in [5.41, 5.74) is 0. The average molecular weight is 1130 g/mol. The van der Waals surface area contributed by atoms with E-state index in [0.717, 1.165) is 38.5 Å². The molecule has 0 spiro atoms. The van der Waals surface area contributed by atoms with Crippen LogP contribution in [0.2, 0.25) is 0 Å². The third kappa shape index (κ3) is 65.5. The molecule has 1 amide bonds. The molecule has 0 saturated heterocycles. The Balaban J connectivity index is 3.35. The number of aliphatic hydroxyl groups is 2. The highest BCUT2D eigenvalue weighted by Crippen LogP contribution is 2.19. The van der Waals surface area contributed by atoms with Gasteiger partial charge in [0.15, 0.2) is 0 Å². The zero-order valence-corrected chi connectivity index (χ0v) is 54.3. The molecule has 2 atom stereocenters. The summed E-state index contributed by atoms with van der Waals surface area (Å²) in [7, 11) is 0. The number of amides is 1. The van der Waals surface area contributed by atoms with Crippen LogP contribution in [0.1, 0.15) is 412 Å². The Kier molecular flexibility index (Phi) is 68.4. The summed E-state index contributed by atoms with van der Waals surface area (Å²) in [5, 5.41) is 23.2. The number of hydrogen-bond acceptors (Lipinski definition) is 5. The van der Waals surface area contributed by atoms with Gasteiger partial charge in [-0.15, -0.1) is 0 Å². The molecule has 0 aliphatic heterocycles. The molecule has 0 rings (SSSR count). The lowest BCUT2D eigenvalue weighted by Gasteiger charge is -2.20. The molecule has 3 N–H and O–H groups in total. The highest BCUT2D eigenvalue weighted by atomic mass is 16.5. The first-order valence-corrected chi connectivity index (χ1v) is 36.6. The van der Waals surface area contributed by atoms with Gasteiger partial charge in [-0.1, -0.05) is 366 Å². The summed E-state index contributed by atoms with van der Waals surface area (Å²) in [5.74, 6) is -0.0406. The SMILES string of the molecule is CCCCCCCCCCCCCCC/C=C/C(O)C(CO)NC(=O)CCCCCCCCCCCCCCCCCC/C=C\CCCCCCCCCCCCCCOC(=O)CCCCCCCCCCCCCCCCCC. The topological polar surface area (TPSA) is 95.9 Å². The van der Waals surface area contributed by atoms with Crippen molar-refractivity contribution >= 4 is 11.9 Å². The molecule has 0 aliphatic carbocycles. The standard InChI is InChI=1S/C74H143NO5/c1-3-5-7-9-11-13-15-17-19-40-44-48-52-56-60-64-68-74(79)80-69-65-61-57-53-49-45-41-37-35-33-31-29-27-25-23-21-20-22-24-26-28-30-32-34-36-39-43-47-51-55-59-63-67-73(78)75-71(70-76)72(77)66-62-58-54-50-46-42-38-18-16-14-12-10-8-6-4-2/h23,25,62,66,71-72,76-77H,3-22,24,26-61,63-65,67-70H2,1-2H3,(H,75,78)/b25-23-,66-62+. The van der Waals surface area contributed by atoms with Crippen LogP contribution in [0.5, 0.6) is 0 Å². The van der Waals surface area contributed by atoms with Gasteiger partial charge in [-0.05, 0) is 57.8 Å². The second-order valence-electron chi connectivity index (χ2n) is 25.3. The number of hydrogen-bond donors (Lipinski definition) is 3. The van der Waals surface area contributed by atoms with Gasteiger partial charge < -0.3 is 20.3 Å². The third-order valence-electron chi connectivity index (χ3n) is 17.2. The van der Waals surface area contributed by atoms with E-state index in [1.165, 1.54) is 347 Å². The summed E-state index contributed by atoms with van der Waals surface area (Å²) in [6, 6.07) is -0.625. The van der Waals surface area contributed by atoms with E-state index < -0.39 is 12.1 Å². The lowest BCUT2D eigenvalue weighted by atomic mass is 10.0. The van der Waals surface area contributed by atoms with Crippen LogP contribution in [0, 0.1) is 0 Å². The first-order chi connectivity index (χ1) is 39.5. The molecule has 0 aromatic heterocycles. The maximum atomic E-state index is 12.5. The highest BCUT2D eigenvalue weighted by Gasteiger charge is 2.18. The number of aliphatic hydroxyl groups excluding tert-OH is 2. The molecule has 80 heavy (non-hydrogen) atoms. The number of allylic oxidation sites excluding steroid dienone is 3. The minimum atomic E-state index is -0.842. The summed E-state index contributed by atoms with van der Waals surface area (Å²) in [6.45, 7) is 4.94. The minimum absolute atomic E-state index is 0.0221. The van der Waals surface area contributed by atoms with E-state index in [1.54, 1.807) is 6.08 Å². The van der Waals surface area contributed by atoms with Gasteiger partial charge >= 0.3 is 5.97 Å². The number of unbranched alkanes of at least 4 members (excludes halogenated alkanes) is 56. The van der Waals surface area contributed by atoms with Crippen molar-refractivity contribution in [3.63, 3.8) is 0 Å². The van der Waals surface area contributed by atoms with Crippen molar-refractivity contribution in [3.8, 4) is 0 Å². The molecule has 6 heteroatoms. The van der Waals surface area contributed by atoms with Crippen molar-refractivity contribution in [3.05, 3.63) is 24.3 Å². The molecule has 474 valence electrons. The fourth-order valence-corrected chi connectivity index (χ4v) is 11.6. The number of carbonyl (C=O) groups excluding carboxylic acids is 2. The molecule has 0 saturated carbocycles. The van der Waals surface area contributed by atoms with Crippen LogP contribution in [-0.2, 0) is 14.3 Å². The van der Waals surface area contributed by atoms with Crippen molar-refractivity contribution < 1.29 is 24.5 Å². The minimum Gasteiger partial charge on any atom is -0.466 e. The van der Waals surface area contributed by atoms with Crippen molar-refractivity contribution in [2.24, 2.45) is 0 Å². The molecule has 0 fully saturated rings. The van der Waals surface area contributed by atoms with Crippen molar-refractivity contribution in [1.29, 1.82) is 0 Å². The second kappa shape index (κ2) is 69.8. The molecule has 0 aromatic carbocycles. The van der Waals surface area contributed by atoms with E-state index in [0.29, 0.717) is 19.4 Å². The Hall–Kier alpha value is -1.66. The number of carbonyl (C=O) groups is 2. The molecule has 2 unspecified atom stereocenters. The number of esters is 1. The van der Waals surface area contributed by atoms with E-state index in [2.05, 4.69) is 31.3 Å². The summed E-state index contributed by atoms with van der Waals surface area (Å²) in [6.07, 6.45) is 88.5. The normalized spacial score (nSPS) is 12.6. The first kappa shape index (κ1) is 78.3. The van der Waals surface area contributed by atoms with E-state index >= 15 is 0 Å². The van der Waals surface area contributed by atoms with Gasteiger partial charge in [-0.3, -0.25) is 9.59 Å². The smallest absolute Gasteiger partial charge is 0.305 e. The van der Waals surface area contributed by atoms with Gasteiger partial charge in [-0.25, -0.2) is 0 Å². The van der Waals surface area contributed by atoms with Gasteiger partial charge in [0.2, 0.25) is 5.91 Å². The lowest BCUT2D eigenvalue weighted by molar-refractivity contribution is -0.143. The van der Waals surface area contributed by atoms with Crippen molar-refractivity contribution in [1.82, 2.24) is 5.32 Å². The van der Waals surface area contributed by atoms with E-state index in [-0.39, 0.29) is 18.5 Å². The Morgan fingerprint density at radius 2 is 0.588 bits per heavy atom. The number of rotatable bonds is 69.